The number of rotatable bonds is 5. The van der Waals surface area contributed by atoms with E-state index in [4.69, 9.17) is 9.88 Å². The summed E-state index contributed by atoms with van der Waals surface area (Å²) in [5, 5.41) is 5.07. The molecule has 150 valence electrons. The van der Waals surface area contributed by atoms with Crippen LogP contribution in [0.25, 0.3) is 0 Å². The number of amides is 2. The highest BCUT2D eigenvalue weighted by Crippen LogP contribution is 2.22. The van der Waals surface area contributed by atoms with Crippen molar-refractivity contribution in [2.24, 2.45) is 5.14 Å². The maximum Gasteiger partial charge on any atom is 0.279 e. The van der Waals surface area contributed by atoms with E-state index in [-0.39, 0.29) is 10.5 Å². The van der Waals surface area contributed by atoms with Crippen LogP contribution in [0.1, 0.15) is 28.4 Å². The van der Waals surface area contributed by atoms with Gasteiger partial charge in [0, 0.05) is 4.47 Å². The second-order valence-electron chi connectivity index (χ2n) is 6.09. The predicted octanol–water partition coefficient (Wildman–Crippen LogP) is 1.94. The summed E-state index contributed by atoms with van der Waals surface area (Å²) in [6, 6.07) is 9.25. The number of halogens is 1. The van der Waals surface area contributed by atoms with Crippen LogP contribution in [0.3, 0.4) is 0 Å². The van der Waals surface area contributed by atoms with Crippen molar-refractivity contribution in [1.29, 1.82) is 0 Å². The molecule has 0 saturated carbocycles. The third-order valence-corrected chi connectivity index (χ3v) is 5.64. The van der Waals surface area contributed by atoms with E-state index in [0.29, 0.717) is 10.2 Å². The molecule has 0 saturated heterocycles. The molecule has 1 unspecified atom stereocenters. The first-order chi connectivity index (χ1) is 13.0. The first kappa shape index (κ1) is 21.9. The molecule has 2 rings (SSSR count). The number of benzene rings is 2. The lowest BCUT2D eigenvalue weighted by Crippen LogP contribution is -2.47. The van der Waals surface area contributed by atoms with Gasteiger partial charge in [0.2, 0.25) is 10.0 Å². The van der Waals surface area contributed by atoms with Gasteiger partial charge in [-0.1, -0.05) is 12.1 Å². The number of nitrogens with two attached hydrogens (primary N) is 1. The van der Waals surface area contributed by atoms with Crippen molar-refractivity contribution in [2.45, 2.75) is 31.8 Å². The van der Waals surface area contributed by atoms with Crippen LogP contribution in [0.15, 0.2) is 45.8 Å². The highest BCUT2D eigenvalue weighted by atomic mass is 79.9. The lowest BCUT2D eigenvalue weighted by molar-refractivity contribution is -0.128. The van der Waals surface area contributed by atoms with Gasteiger partial charge in [0.1, 0.15) is 5.75 Å². The van der Waals surface area contributed by atoms with E-state index in [2.05, 4.69) is 26.8 Å². The fraction of sp³-hybridized carbons (Fsp3) is 0.222. The number of hydrogen-bond donors (Lipinski definition) is 3. The number of nitrogens with one attached hydrogen (secondary N) is 2. The minimum atomic E-state index is -3.97. The molecule has 0 bridgehead atoms. The Morgan fingerprint density at radius 2 is 1.82 bits per heavy atom. The lowest BCUT2D eigenvalue weighted by atomic mass is 10.1. The third kappa shape index (κ3) is 5.31. The lowest BCUT2D eigenvalue weighted by Gasteiger charge is -2.17. The smallest absolute Gasteiger partial charge is 0.279 e. The first-order valence-electron chi connectivity index (χ1n) is 8.16. The predicted molar refractivity (Wildman–Crippen MR) is 107 cm³/mol. The molecule has 2 aromatic rings. The summed E-state index contributed by atoms with van der Waals surface area (Å²) < 4.78 is 28.9. The van der Waals surface area contributed by atoms with Gasteiger partial charge in [-0.15, -0.1) is 0 Å². The van der Waals surface area contributed by atoms with Gasteiger partial charge in [-0.25, -0.2) is 13.6 Å². The van der Waals surface area contributed by atoms with Crippen LogP contribution < -0.4 is 20.7 Å². The zero-order chi connectivity index (χ0) is 21.1. The summed E-state index contributed by atoms with van der Waals surface area (Å²) in [6.07, 6.45) is -0.875. The van der Waals surface area contributed by atoms with E-state index in [1.54, 1.807) is 13.0 Å². The van der Waals surface area contributed by atoms with E-state index >= 15 is 0 Å². The van der Waals surface area contributed by atoms with E-state index < -0.39 is 27.9 Å². The molecule has 0 radical (unpaired) electrons. The van der Waals surface area contributed by atoms with Crippen LogP contribution in [-0.2, 0) is 14.8 Å². The second kappa shape index (κ2) is 8.72. The first-order valence-corrected chi connectivity index (χ1v) is 10.5. The number of carbonyl (C=O) groups is 2. The summed E-state index contributed by atoms with van der Waals surface area (Å²) in [5.41, 5.74) is 6.42. The average molecular weight is 470 g/mol. The number of hydrazine groups is 1. The number of aryl methyl sites for hydroxylation is 1. The molecule has 0 heterocycles. The molecule has 0 spiro atoms. The van der Waals surface area contributed by atoms with Gasteiger partial charge in [-0.2, -0.15) is 0 Å². The number of primary sulfonamides is 1. The number of sulfonamides is 1. The molecule has 2 aromatic carbocycles. The standard InChI is InChI=1S/C18H20BrN3O5S/c1-10-5-4-6-16(11(10)2)27-12(3)17(23)21-22-18(24)14-9-13(28(20,25)26)7-8-15(14)19/h4-9,12H,1-3H3,(H,21,23)(H,22,24)(H2,20,25,26). The Hall–Kier alpha value is -2.43. The van der Waals surface area contributed by atoms with Gasteiger partial charge >= 0.3 is 0 Å². The van der Waals surface area contributed by atoms with Gasteiger partial charge in [0.25, 0.3) is 11.8 Å². The van der Waals surface area contributed by atoms with Gasteiger partial charge < -0.3 is 4.74 Å². The molecular formula is C18H20BrN3O5S. The zero-order valence-corrected chi connectivity index (χ0v) is 17.8. The van der Waals surface area contributed by atoms with Crippen molar-refractivity contribution in [2.75, 3.05) is 0 Å². The fourth-order valence-corrected chi connectivity index (χ4v) is 3.21. The molecular weight excluding hydrogens is 450 g/mol. The van der Waals surface area contributed by atoms with Crippen LogP contribution in [0, 0.1) is 13.8 Å². The molecule has 4 N–H and O–H groups in total. The van der Waals surface area contributed by atoms with Crippen molar-refractivity contribution in [3.05, 3.63) is 57.6 Å². The minimum absolute atomic E-state index is 0.00470. The maximum atomic E-state index is 12.3. The van der Waals surface area contributed by atoms with Crippen molar-refractivity contribution >= 4 is 37.8 Å². The van der Waals surface area contributed by atoms with Gasteiger partial charge in [0.15, 0.2) is 6.10 Å². The summed E-state index contributed by atoms with van der Waals surface area (Å²) in [7, 11) is -3.97. The Kier molecular flexibility index (Phi) is 6.81. The maximum absolute atomic E-state index is 12.3. The summed E-state index contributed by atoms with van der Waals surface area (Å²) in [5.74, 6) is -0.727. The summed E-state index contributed by atoms with van der Waals surface area (Å²) in [6.45, 7) is 5.36. The molecule has 0 aliphatic heterocycles. The van der Waals surface area contributed by atoms with Crippen LogP contribution in [0.4, 0.5) is 0 Å². The Morgan fingerprint density at radius 1 is 1.14 bits per heavy atom. The Labute approximate surface area is 171 Å². The SMILES string of the molecule is Cc1cccc(OC(C)C(=O)NNC(=O)c2cc(S(N)(=O)=O)ccc2Br)c1C. The minimum Gasteiger partial charge on any atom is -0.481 e. The van der Waals surface area contributed by atoms with Gasteiger partial charge in [0.05, 0.1) is 10.5 Å². The zero-order valence-electron chi connectivity index (χ0n) is 15.4. The van der Waals surface area contributed by atoms with Gasteiger partial charge in [-0.3, -0.25) is 20.4 Å². The van der Waals surface area contributed by atoms with Crippen molar-refractivity contribution in [1.82, 2.24) is 10.9 Å². The number of ether oxygens (including phenoxy) is 1. The Bertz CT molecular complexity index is 1020. The quantitative estimate of drug-likeness (QED) is 0.576. The molecule has 0 fully saturated rings. The summed E-state index contributed by atoms with van der Waals surface area (Å²) in [4.78, 5) is 24.3. The van der Waals surface area contributed by atoms with Crippen molar-refractivity contribution in [3.63, 3.8) is 0 Å². The van der Waals surface area contributed by atoms with Crippen LogP contribution in [0.2, 0.25) is 0 Å². The molecule has 10 heteroatoms. The number of carbonyl (C=O) groups excluding carboxylic acids is 2. The summed E-state index contributed by atoms with van der Waals surface area (Å²) >= 11 is 3.16. The fourth-order valence-electron chi connectivity index (χ4n) is 2.24. The van der Waals surface area contributed by atoms with Gasteiger partial charge in [-0.05, 0) is 72.1 Å². The van der Waals surface area contributed by atoms with Crippen molar-refractivity contribution < 1.29 is 22.7 Å². The molecule has 1 atom stereocenters. The molecule has 0 aliphatic rings. The highest BCUT2D eigenvalue weighted by Gasteiger charge is 2.19. The Balaban J connectivity index is 2.04. The van der Waals surface area contributed by atoms with E-state index in [1.165, 1.54) is 12.1 Å². The molecule has 8 nitrogen and oxygen atoms in total. The molecule has 28 heavy (non-hydrogen) atoms. The molecule has 0 aliphatic carbocycles. The van der Waals surface area contributed by atoms with Crippen LogP contribution >= 0.6 is 15.9 Å². The molecule has 2 amide bonds. The van der Waals surface area contributed by atoms with E-state index in [9.17, 15) is 18.0 Å². The normalized spacial score (nSPS) is 12.2. The van der Waals surface area contributed by atoms with Crippen molar-refractivity contribution in [3.8, 4) is 5.75 Å². The van der Waals surface area contributed by atoms with Crippen LogP contribution in [0.5, 0.6) is 5.75 Å². The number of hydrogen-bond acceptors (Lipinski definition) is 5. The third-order valence-electron chi connectivity index (χ3n) is 4.04. The largest absolute Gasteiger partial charge is 0.481 e. The Morgan fingerprint density at radius 3 is 2.46 bits per heavy atom. The van der Waals surface area contributed by atoms with E-state index in [1.807, 2.05) is 26.0 Å². The van der Waals surface area contributed by atoms with Crippen LogP contribution in [-0.4, -0.2) is 26.3 Å². The second-order valence-corrected chi connectivity index (χ2v) is 8.50. The van der Waals surface area contributed by atoms with E-state index in [0.717, 1.165) is 17.2 Å². The molecule has 0 aromatic heterocycles. The average Bonchev–Trinajstić information content (AvgIpc) is 2.62. The monoisotopic (exact) mass is 469 g/mol. The highest BCUT2D eigenvalue weighted by molar-refractivity contribution is 9.10. The topological polar surface area (TPSA) is 128 Å².